The van der Waals surface area contributed by atoms with Gasteiger partial charge in [-0.25, -0.2) is 0 Å². The van der Waals surface area contributed by atoms with Crippen molar-refractivity contribution in [1.29, 1.82) is 0 Å². The van der Waals surface area contributed by atoms with Gasteiger partial charge in [0.2, 0.25) is 0 Å². The van der Waals surface area contributed by atoms with Gasteiger partial charge in [0.05, 0.1) is 6.61 Å². The number of likely N-dealkylation sites (tertiary alicyclic amines) is 1. The Morgan fingerprint density at radius 2 is 2.16 bits per heavy atom. The minimum absolute atomic E-state index is 0.130. The van der Waals surface area contributed by atoms with Gasteiger partial charge in [0.25, 0.3) is 0 Å². The summed E-state index contributed by atoms with van der Waals surface area (Å²) in [4.78, 5) is 2.62. The molecule has 3 heteroatoms. The van der Waals surface area contributed by atoms with Crippen LogP contribution in [0.2, 0.25) is 0 Å². The number of nitrogens with zero attached hydrogens (tertiary/aromatic N) is 1. The Labute approximate surface area is 119 Å². The summed E-state index contributed by atoms with van der Waals surface area (Å²) >= 11 is 0. The molecule has 1 saturated heterocycles. The van der Waals surface area contributed by atoms with Gasteiger partial charge in [-0.15, -0.1) is 0 Å². The van der Waals surface area contributed by atoms with Crippen molar-refractivity contribution in [3.8, 4) is 0 Å². The van der Waals surface area contributed by atoms with E-state index in [9.17, 15) is 5.11 Å². The number of rotatable bonds is 8. The van der Waals surface area contributed by atoms with E-state index in [1.165, 1.54) is 32.4 Å². The van der Waals surface area contributed by atoms with E-state index in [2.05, 4.69) is 37.9 Å². The fourth-order valence-electron chi connectivity index (χ4n) is 3.23. The van der Waals surface area contributed by atoms with E-state index in [0.717, 1.165) is 25.3 Å². The van der Waals surface area contributed by atoms with E-state index in [0.29, 0.717) is 6.04 Å². The van der Waals surface area contributed by atoms with Crippen molar-refractivity contribution in [2.75, 3.05) is 26.2 Å². The molecule has 1 aliphatic rings. The summed E-state index contributed by atoms with van der Waals surface area (Å²) in [7, 11) is 0. The van der Waals surface area contributed by atoms with Gasteiger partial charge < -0.3 is 15.3 Å². The predicted molar refractivity (Wildman–Crippen MR) is 82.5 cm³/mol. The molecule has 0 radical (unpaired) electrons. The van der Waals surface area contributed by atoms with Crippen molar-refractivity contribution in [3.63, 3.8) is 0 Å². The first-order valence-corrected chi connectivity index (χ1v) is 8.14. The summed E-state index contributed by atoms with van der Waals surface area (Å²) in [6.45, 7) is 12.6. The van der Waals surface area contributed by atoms with Crippen LogP contribution in [0.5, 0.6) is 0 Å². The molecular formula is C16H34N2O. The molecule has 0 saturated carbocycles. The highest BCUT2D eigenvalue weighted by Gasteiger charge is 2.29. The molecule has 3 unspecified atom stereocenters. The van der Waals surface area contributed by atoms with E-state index in [4.69, 9.17) is 0 Å². The smallest absolute Gasteiger partial charge is 0.0611 e. The SMILES string of the molecule is CCCNC(C)(CO)CC(C)N1CCCC(CC)C1. The first-order chi connectivity index (χ1) is 9.04. The lowest BCUT2D eigenvalue weighted by atomic mass is 9.90. The van der Waals surface area contributed by atoms with Gasteiger partial charge in [-0.05, 0) is 58.5 Å². The van der Waals surface area contributed by atoms with Crippen LogP contribution in [-0.4, -0.2) is 47.8 Å². The van der Waals surface area contributed by atoms with E-state index in [1.54, 1.807) is 0 Å². The molecule has 0 amide bonds. The molecule has 114 valence electrons. The van der Waals surface area contributed by atoms with Crippen LogP contribution < -0.4 is 5.32 Å². The molecular weight excluding hydrogens is 236 g/mol. The molecule has 0 aromatic heterocycles. The lowest BCUT2D eigenvalue weighted by Gasteiger charge is -2.40. The molecule has 0 aromatic rings. The van der Waals surface area contributed by atoms with Crippen molar-refractivity contribution in [2.45, 2.75) is 71.4 Å². The first-order valence-electron chi connectivity index (χ1n) is 8.14. The zero-order valence-corrected chi connectivity index (χ0v) is 13.4. The standard InChI is InChI=1S/C16H34N2O/c1-5-9-17-16(4,13-19)11-14(3)18-10-7-8-15(6-2)12-18/h14-15,17,19H,5-13H2,1-4H3. The minimum Gasteiger partial charge on any atom is -0.394 e. The Balaban J connectivity index is 2.49. The summed E-state index contributed by atoms with van der Waals surface area (Å²) in [6, 6.07) is 0.552. The summed E-state index contributed by atoms with van der Waals surface area (Å²) in [5.41, 5.74) is -0.130. The molecule has 3 nitrogen and oxygen atoms in total. The second-order valence-corrected chi connectivity index (χ2v) is 6.61. The third kappa shape index (κ3) is 5.41. The molecule has 0 aromatic carbocycles. The van der Waals surface area contributed by atoms with Crippen LogP contribution in [0.4, 0.5) is 0 Å². The van der Waals surface area contributed by atoms with Gasteiger partial charge in [-0.1, -0.05) is 20.3 Å². The van der Waals surface area contributed by atoms with Gasteiger partial charge in [-0.3, -0.25) is 0 Å². The summed E-state index contributed by atoms with van der Waals surface area (Å²) < 4.78 is 0. The molecule has 0 bridgehead atoms. The minimum atomic E-state index is -0.130. The van der Waals surface area contributed by atoms with Crippen LogP contribution in [0.3, 0.4) is 0 Å². The Kier molecular flexibility index (Phi) is 7.33. The van der Waals surface area contributed by atoms with Gasteiger partial charge in [0.1, 0.15) is 0 Å². The lowest BCUT2D eigenvalue weighted by molar-refractivity contribution is 0.0837. The van der Waals surface area contributed by atoms with Gasteiger partial charge in [0.15, 0.2) is 0 Å². The van der Waals surface area contributed by atoms with Crippen LogP contribution in [0.15, 0.2) is 0 Å². The van der Waals surface area contributed by atoms with Crippen LogP contribution >= 0.6 is 0 Å². The van der Waals surface area contributed by atoms with E-state index >= 15 is 0 Å². The molecule has 19 heavy (non-hydrogen) atoms. The number of aliphatic hydroxyl groups is 1. The fraction of sp³-hybridized carbons (Fsp3) is 1.00. The Morgan fingerprint density at radius 3 is 2.74 bits per heavy atom. The quantitative estimate of drug-likeness (QED) is 0.712. The van der Waals surface area contributed by atoms with Crippen molar-refractivity contribution in [1.82, 2.24) is 10.2 Å². The van der Waals surface area contributed by atoms with Crippen molar-refractivity contribution in [3.05, 3.63) is 0 Å². The van der Waals surface area contributed by atoms with Crippen LogP contribution in [0.25, 0.3) is 0 Å². The monoisotopic (exact) mass is 270 g/mol. The van der Waals surface area contributed by atoms with Gasteiger partial charge in [0, 0.05) is 18.1 Å². The lowest BCUT2D eigenvalue weighted by Crippen LogP contribution is -2.52. The maximum atomic E-state index is 9.68. The summed E-state index contributed by atoms with van der Waals surface area (Å²) in [6.07, 6.45) is 6.17. The molecule has 0 spiro atoms. The fourth-order valence-corrected chi connectivity index (χ4v) is 3.23. The van der Waals surface area contributed by atoms with Crippen LogP contribution in [0.1, 0.15) is 59.8 Å². The molecule has 1 fully saturated rings. The third-order valence-electron chi connectivity index (χ3n) is 4.65. The second kappa shape index (κ2) is 8.23. The highest BCUT2D eigenvalue weighted by Crippen LogP contribution is 2.24. The van der Waals surface area contributed by atoms with E-state index in [1.807, 2.05) is 0 Å². The zero-order valence-electron chi connectivity index (χ0n) is 13.4. The molecule has 1 rings (SSSR count). The van der Waals surface area contributed by atoms with Crippen molar-refractivity contribution < 1.29 is 5.11 Å². The highest BCUT2D eigenvalue weighted by atomic mass is 16.3. The highest BCUT2D eigenvalue weighted by molar-refractivity contribution is 4.88. The van der Waals surface area contributed by atoms with Crippen molar-refractivity contribution in [2.24, 2.45) is 5.92 Å². The van der Waals surface area contributed by atoms with Crippen molar-refractivity contribution >= 4 is 0 Å². The molecule has 1 aliphatic heterocycles. The van der Waals surface area contributed by atoms with E-state index < -0.39 is 0 Å². The Morgan fingerprint density at radius 1 is 1.42 bits per heavy atom. The van der Waals surface area contributed by atoms with Gasteiger partial charge >= 0.3 is 0 Å². The average Bonchev–Trinajstić information content (AvgIpc) is 2.45. The Hall–Kier alpha value is -0.120. The summed E-state index contributed by atoms with van der Waals surface area (Å²) in [5.74, 6) is 0.875. The number of hydrogen-bond donors (Lipinski definition) is 2. The van der Waals surface area contributed by atoms with E-state index in [-0.39, 0.29) is 12.1 Å². The predicted octanol–water partition coefficient (Wildman–Crippen LogP) is 2.64. The number of hydrogen-bond acceptors (Lipinski definition) is 3. The topological polar surface area (TPSA) is 35.5 Å². The average molecular weight is 270 g/mol. The van der Waals surface area contributed by atoms with Crippen LogP contribution in [-0.2, 0) is 0 Å². The normalized spacial score (nSPS) is 26.1. The zero-order chi connectivity index (χ0) is 14.3. The molecule has 1 heterocycles. The largest absolute Gasteiger partial charge is 0.394 e. The second-order valence-electron chi connectivity index (χ2n) is 6.61. The van der Waals surface area contributed by atoms with Gasteiger partial charge in [-0.2, -0.15) is 0 Å². The molecule has 2 N–H and O–H groups in total. The Bertz CT molecular complexity index is 247. The maximum Gasteiger partial charge on any atom is 0.0611 e. The van der Waals surface area contributed by atoms with Crippen LogP contribution in [0, 0.1) is 5.92 Å². The maximum absolute atomic E-state index is 9.68. The third-order valence-corrected chi connectivity index (χ3v) is 4.65. The number of aliphatic hydroxyl groups excluding tert-OH is 1. The number of piperidine rings is 1. The molecule has 3 atom stereocenters. The first kappa shape index (κ1) is 16.9. The summed E-state index contributed by atoms with van der Waals surface area (Å²) in [5, 5.41) is 13.2. The number of nitrogens with one attached hydrogen (secondary N) is 1. The molecule has 0 aliphatic carbocycles.